The first-order valence-electron chi connectivity index (χ1n) is 10.9. The molecule has 2 aromatic carbocycles. The van der Waals surface area contributed by atoms with E-state index in [9.17, 15) is 0 Å². The Morgan fingerprint density at radius 2 is 1.81 bits per heavy atom. The van der Waals surface area contributed by atoms with E-state index >= 15 is 0 Å². The van der Waals surface area contributed by atoms with Crippen LogP contribution in [0, 0.1) is 0 Å². The first-order chi connectivity index (χ1) is 15.3. The van der Waals surface area contributed by atoms with Crippen molar-refractivity contribution in [2.24, 2.45) is 4.99 Å². The molecule has 7 nitrogen and oxygen atoms in total. The lowest BCUT2D eigenvalue weighted by Crippen LogP contribution is -2.30. The van der Waals surface area contributed by atoms with Crippen LogP contribution in [-0.4, -0.2) is 45.5 Å². The predicted molar refractivity (Wildman–Crippen MR) is 121 cm³/mol. The van der Waals surface area contributed by atoms with E-state index in [0.717, 1.165) is 49.7 Å². The SMILES string of the molecule is CN=C(NCc1cccc(COC2CCOCC2)c1)Nc1ccc2c(c1)OCCCO2. The molecule has 2 N–H and O–H groups in total. The van der Waals surface area contributed by atoms with Crippen molar-refractivity contribution in [1.29, 1.82) is 0 Å². The monoisotopic (exact) mass is 425 g/mol. The molecular weight excluding hydrogens is 394 g/mol. The molecule has 0 bridgehead atoms. The van der Waals surface area contributed by atoms with E-state index in [-0.39, 0.29) is 0 Å². The van der Waals surface area contributed by atoms with Gasteiger partial charge in [0.15, 0.2) is 17.5 Å². The summed E-state index contributed by atoms with van der Waals surface area (Å²) in [6.45, 7) is 4.23. The molecule has 0 unspecified atom stereocenters. The van der Waals surface area contributed by atoms with Crippen LogP contribution in [0.15, 0.2) is 47.5 Å². The van der Waals surface area contributed by atoms with Gasteiger partial charge in [-0.25, -0.2) is 0 Å². The summed E-state index contributed by atoms with van der Waals surface area (Å²) < 4.78 is 22.9. The number of fused-ring (bicyclic) bond motifs is 1. The summed E-state index contributed by atoms with van der Waals surface area (Å²) >= 11 is 0. The minimum atomic E-state index is 0.300. The number of guanidine groups is 1. The van der Waals surface area contributed by atoms with Crippen LogP contribution < -0.4 is 20.1 Å². The third-order valence-corrected chi connectivity index (χ3v) is 5.34. The van der Waals surface area contributed by atoms with Gasteiger partial charge in [-0.2, -0.15) is 0 Å². The Labute approximate surface area is 183 Å². The van der Waals surface area contributed by atoms with Gasteiger partial charge in [-0.15, -0.1) is 0 Å². The van der Waals surface area contributed by atoms with Crippen molar-refractivity contribution in [3.63, 3.8) is 0 Å². The summed E-state index contributed by atoms with van der Waals surface area (Å²) in [5.74, 6) is 2.24. The molecule has 0 radical (unpaired) electrons. The van der Waals surface area contributed by atoms with E-state index in [0.29, 0.717) is 38.4 Å². The third-order valence-electron chi connectivity index (χ3n) is 5.34. The van der Waals surface area contributed by atoms with Gasteiger partial charge in [0, 0.05) is 45.0 Å². The Bertz CT molecular complexity index is 881. The van der Waals surface area contributed by atoms with Gasteiger partial charge in [-0.1, -0.05) is 24.3 Å². The summed E-state index contributed by atoms with van der Waals surface area (Å²) in [6.07, 6.45) is 3.14. The minimum Gasteiger partial charge on any atom is -0.490 e. The van der Waals surface area contributed by atoms with E-state index in [1.807, 2.05) is 18.2 Å². The largest absolute Gasteiger partial charge is 0.490 e. The van der Waals surface area contributed by atoms with Gasteiger partial charge in [-0.3, -0.25) is 4.99 Å². The maximum absolute atomic E-state index is 6.05. The van der Waals surface area contributed by atoms with Crippen LogP contribution in [0.2, 0.25) is 0 Å². The number of aliphatic imine (C=N–C) groups is 1. The zero-order valence-corrected chi connectivity index (χ0v) is 18.1. The quantitative estimate of drug-likeness (QED) is 0.543. The molecule has 1 saturated heterocycles. The van der Waals surface area contributed by atoms with Crippen LogP contribution in [0.25, 0.3) is 0 Å². The molecule has 2 aromatic rings. The molecule has 166 valence electrons. The number of ether oxygens (including phenoxy) is 4. The number of benzene rings is 2. The summed E-state index contributed by atoms with van der Waals surface area (Å²) in [4.78, 5) is 4.33. The average molecular weight is 426 g/mol. The molecule has 0 atom stereocenters. The Morgan fingerprint density at radius 1 is 1.00 bits per heavy atom. The van der Waals surface area contributed by atoms with E-state index in [4.69, 9.17) is 18.9 Å². The van der Waals surface area contributed by atoms with Gasteiger partial charge in [-0.05, 0) is 36.1 Å². The summed E-state index contributed by atoms with van der Waals surface area (Å²) in [5, 5.41) is 6.69. The van der Waals surface area contributed by atoms with Crippen molar-refractivity contribution in [3.8, 4) is 11.5 Å². The maximum atomic E-state index is 6.05. The molecular formula is C24H31N3O4. The van der Waals surface area contributed by atoms with Crippen LogP contribution in [0.5, 0.6) is 11.5 Å². The van der Waals surface area contributed by atoms with E-state index in [2.05, 4.69) is 39.9 Å². The number of rotatable bonds is 6. The summed E-state index contributed by atoms with van der Waals surface area (Å²) in [7, 11) is 1.76. The van der Waals surface area contributed by atoms with Gasteiger partial charge in [0.2, 0.25) is 0 Å². The molecule has 2 aliphatic heterocycles. The zero-order chi connectivity index (χ0) is 21.3. The van der Waals surface area contributed by atoms with E-state index in [1.54, 1.807) is 7.05 Å². The first kappa shape index (κ1) is 21.5. The molecule has 0 amide bonds. The molecule has 0 aromatic heterocycles. The number of hydrogen-bond acceptors (Lipinski definition) is 5. The van der Waals surface area contributed by atoms with Crippen LogP contribution >= 0.6 is 0 Å². The third kappa shape index (κ3) is 6.35. The van der Waals surface area contributed by atoms with Crippen molar-refractivity contribution >= 4 is 11.6 Å². The fourth-order valence-electron chi connectivity index (χ4n) is 3.63. The van der Waals surface area contributed by atoms with Crippen LogP contribution in [-0.2, 0) is 22.6 Å². The fraction of sp³-hybridized carbons (Fsp3) is 0.458. The van der Waals surface area contributed by atoms with Gasteiger partial charge in [0.05, 0.1) is 25.9 Å². The smallest absolute Gasteiger partial charge is 0.195 e. The number of hydrogen-bond donors (Lipinski definition) is 2. The Morgan fingerprint density at radius 3 is 2.65 bits per heavy atom. The van der Waals surface area contributed by atoms with Gasteiger partial charge >= 0.3 is 0 Å². The lowest BCUT2D eigenvalue weighted by molar-refractivity contribution is -0.0390. The first-order valence-corrected chi connectivity index (χ1v) is 10.9. The van der Waals surface area contributed by atoms with Gasteiger partial charge in [0.1, 0.15) is 0 Å². The maximum Gasteiger partial charge on any atom is 0.195 e. The average Bonchev–Trinajstić information content (AvgIpc) is 3.06. The highest BCUT2D eigenvalue weighted by molar-refractivity contribution is 5.93. The molecule has 2 heterocycles. The molecule has 7 heteroatoms. The highest BCUT2D eigenvalue weighted by atomic mass is 16.5. The molecule has 2 aliphatic rings. The lowest BCUT2D eigenvalue weighted by Gasteiger charge is -2.22. The molecule has 31 heavy (non-hydrogen) atoms. The second-order valence-corrected chi connectivity index (χ2v) is 7.71. The summed E-state index contributed by atoms with van der Waals surface area (Å²) in [5.41, 5.74) is 3.25. The highest BCUT2D eigenvalue weighted by Gasteiger charge is 2.14. The Balaban J connectivity index is 1.30. The van der Waals surface area contributed by atoms with Gasteiger partial charge < -0.3 is 29.6 Å². The normalized spacial score (nSPS) is 17.1. The number of nitrogens with one attached hydrogen (secondary N) is 2. The Hall–Kier alpha value is -2.77. The molecule has 0 spiro atoms. The predicted octanol–water partition coefficient (Wildman–Crippen LogP) is 3.73. The van der Waals surface area contributed by atoms with Crippen molar-refractivity contribution in [2.75, 3.05) is 38.8 Å². The summed E-state index contributed by atoms with van der Waals surface area (Å²) in [6, 6.07) is 14.3. The van der Waals surface area contributed by atoms with Crippen molar-refractivity contribution in [3.05, 3.63) is 53.6 Å². The lowest BCUT2D eigenvalue weighted by atomic mass is 10.1. The van der Waals surface area contributed by atoms with Crippen LogP contribution in [0.3, 0.4) is 0 Å². The number of nitrogens with zero attached hydrogens (tertiary/aromatic N) is 1. The fourth-order valence-corrected chi connectivity index (χ4v) is 3.63. The molecule has 0 aliphatic carbocycles. The van der Waals surface area contributed by atoms with E-state index in [1.165, 1.54) is 11.1 Å². The zero-order valence-electron chi connectivity index (χ0n) is 18.1. The highest BCUT2D eigenvalue weighted by Crippen LogP contribution is 2.32. The topological polar surface area (TPSA) is 73.3 Å². The molecule has 1 fully saturated rings. The van der Waals surface area contributed by atoms with Gasteiger partial charge in [0.25, 0.3) is 0 Å². The Kier molecular flexibility index (Phi) is 7.63. The van der Waals surface area contributed by atoms with Crippen LogP contribution in [0.1, 0.15) is 30.4 Å². The number of anilines is 1. The standard InChI is InChI=1S/C24H31N3O4/c1-25-24(27-20-6-7-22-23(15-20)30-11-3-10-29-22)26-16-18-4-2-5-19(14-18)17-31-21-8-12-28-13-9-21/h2,4-7,14-15,21H,3,8-13,16-17H2,1H3,(H2,25,26,27). The molecule has 0 saturated carbocycles. The van der Waals surface area contributed by atoms with E-state index < -0.39 is 0 Å². The van der Waals surface area contributed by atoms with Crippen molar-refractivity contribution in [2.45, 2.75) is 38.5 Å². The second-order valence-electron chi connectivity index (χ2n) is 7.71. The minimum absolute atomic E-state index is 0.300. The van der Waals surface area contributed by atoms with Crippen LogP contribution in [0.4, 0.5) is 5.69 Å². The molecule has 4 rings (SSSR count). The second kappa shape index (κ2) is 11.0. The van der Waals surface area contributed by atoms with Crippen molar-refractivity contribution < 1.29 is 18.9 Å². The van der Waals surface area contributed by atoms with Crippen molar-refractivity contribution in [1.82, 2.24) is 5.32 Å².